The Bertz CT molecular complexity index is 1460. The van der Waals surface area contributed by atoms with Crippen LogP contribution in [-0.4, -0.2) is 37.2 Å². The second-order valence-electron chi connectivity index (χ2n) is 24.5. The second-order valence-corrected chi connectivity index (χ2v) is 24.5. The van der Waals surface area contributed by atoms with Gasteiger partial charge < -0.3 is 14.2 Å². The Hall–Kier alpha value is -2.89. The predicted octanol–water partition coefficient (Wildman–Crippen LogP) is 25.1. The summed E-state index contributed by atoms with van der Waals surface area (Å²) in [5.74, 6) is -0.863. The summed E-state index contributed by atoms with van der Waals surface area (Å²) >= 11 is 0. The molecule has 0 saturated carbocycles. The molecule has 1 atom stereocenters. The van der Waals surface area contributed by atoms with Crippen molar-refractivity contribution >= 4 is 17.9 Å². The normalized spacial score (nSPS) is 12.4. The lowest BCUT2D eigenvalue weighted by atomic mass is 10.0. The van der Waals surface area contributed by atoms with E-state index in [4.69, 9.17) is 14.2 Å². The molecule has 0 fully saturated rings. The highest BCUT2D eigenvalue weighted by Crippen LogP contribution is 2.18. The van der Waals surface area contributed by atoms with E-state index in [0.717, 1.165) is 89.9 Å². The lowest BCUT2D eigenvalue weighted by molar-refractivity contribution is -0.167. The molecule has 0 aromatic rings. The molecule has 0 aliphatic rings. The number of allylic oxidation sites excluding steroid dienone is 10. The highest BCUT2D eigenvalue weighted by atomic mass is 16.6. The standard InChI is InChI=1S/C76H138O6/c1-4-7-10-13-16-19-22-25-28-30-32-34-35-36-37-38-39-40-41-42-44-45-48-51-54-57-60-63-66-69-75(78)81-72-73(71-80-74(77)68-65-62-59-56-53-50-47-27-24-21-18-15-12-9-6-3)82-76(79)70-67-64-61-58-55-52-49-46-43-33-31-29-26-23-20-17-14-11-8-5-2/h18,21-22,25,27,30,32,35-36,47,73H,4-17,19-20,23-24,26,28-29,31,33-34,37-46,48-72H2,1-3H3/b21-18-,25-22-,32-30-,36-35-,47-27-. The van der Waals surface area contributed by atoms with Gasteiger partial charge in [0.25, 0.3) is 0 Å². The van der Waals surface area contributed by atoms with Crippen LogP contribution in [0.25, 0.3) is 0 Å². The van der Waals surface area contributed by atoms with E-state index in [-0.39, 0.29) is 31.1 Å². The Kier molecular flexibility index (Phi) is 68.1. The summed E-state index contributed by atoms with van der Waals surface area (Å²) in [6.07, 6.45) is 91.1. The fourth-order valence-corrected chi connectivity index (χ4v) is 10.8. The number of carbonyl (C=O) groups is 3. The first-order chi connectivity index (χ1) is 40.5. The van der Waals surface area contributed by atoms with Crippen LogP contribution in [-0.2, 0) is 28.6 Å². The maximum atomic E-state index is 13.0. The van der Waals surface area contributed by atoms with Gasteiger partial charge in [-0.05, 0) is 89.9 Å². The van der Waals surface area contributed by atoms with Crippen molar-refractivity contribution in [1.29, 1.82) is 0 Å². The number of esters is 3. The molecule has 6 heteroatoms. The third-order valence-corrected chi connectivity index (χ3v) is 16.2. The molecule has 0 amide bonds. The van der Waals surface area contributed by atoms with Crippen molar-refractivity contribution in [3.8, 4) is 0 Å². The molecule has 0 spiro atoms. The number of rotatable bonds is 67. The van der Waals surface area contributed by atoms with E-state index in [1.807, 2.05) is 0 Å². The molecule has 0 rings (SSSR count). The van der Waals surface area contributed by atoms with Crippen LogP contribution >= 0.6 is 0 Å². The molecule has 0 aromatic heterocycles. The fraction of sp³-hybridized carbons (Fsp3) is 0.829. The molecule has 82 heavy (non-hydrogen) atoms. The zero-order valence-corrected chi connectivity index (χ0v) is 55.0. The molecule has 0 aliphatic heterocycles. The second kappa shape index (κ2) is 70.6. The Morgan fingerprint density at radius 2 is 0.439 bits per heavy atom. The van der Waals surface area contributed by atoms with Crippen molar-refractivity contribution in [2.24, 2.45) is 0 Å². The average Bonchev–Trinajstić information content (AvgIpc) is 3.47. The highest BCUT2D eigenvalue weighted by Gasteiger charge is 2.19. The number of hydrogen-bond donors (Lipinski definition) is 0. The summed E-state index contributed by atoms with van der Waals surface area (Å²) in [7, 11) is 0. The van der Waals surface area contributed by atoms with Crippen molar-refractivity contribution in [1.82, 2.24) is 0 Å². The quantitative estimate of drug-likeness (QED) is 0.0261. The topological polar surface area (TPSA) is 78.9 Å². The summed E-state index contributed by atoms with van der Waals surface area (Å²) in [6.45, 7) is 6.66. The zero-order valence-electron chi connectivity index (χ0n) is 55.0. The Labute approximate surface area is 510 Å². The molecular weight excluding hydrogens is 1010 g/mol. The van der Waals surface area contributed by atoms with Gasteiger partial charge in [-0.3, -0.25) is 14.4 Å². The number of carbonyl (C=O) groups excluding carboxylic acids is 3. The van der Waals surface area contributed by atoms with E-state index in [0.29, 0.717) is 19.3 Å². The van der Waals surface area contributed by atoms with Crippen LogP contribution in [0.15, 0.2) is 60.8 Å². The largest absolute Gasteiger partial charge is 0.462 e. The van der Waals surface area contributed by atoms with Crippen LogP contribution in [0.2, 0.25) is 0 Å². The van der Waals surface area contributed by atoms with Gasteiger partial charge in [0.05, 0.1) is 0 Å². The predicted molar refractivity (Wildman–Crippen MR) is 358 cm³/mol. The third-order valence-electron chi connectivity index (χ3n) is 16.2. The Morgan fingerprint density at radius 3 is 0.707 bits per heavy atom. The van der Waals surface area contributed by atoms with E-state index < -0.39 is 6.10 Å². The first kappa shape index (κ1) is 79.1. The van der Waals surface area contributed by atoms with Crippen LogP contribution in [0.4, 0.5) is 0 Å². The molecule has 1 unspecified atom stereocenters. The highest BCUT2D eigenvalue weighted by molar-refractivity contribution is 5.71. The maximum Gasteiger partial charge on any atom is 0.306 e. The van der Waals surface area contributed by atoms with Crippen LogP contribution in [0.5, 0.6) is 0 Å². The number of ether oxygens (including phenoxy) is 3. The van der Waals surface area contributed by atoms with Crippen molar-refractivity contribution in [2.45, 2.75) is 393 Å². The Balaban J connectivity index is 4.25. The molecule has 0 saturated heterocycles. The van der Waals surface area contributed by atoms with Gasteiger partial charge in [-0.25, -0.2) is 0 Å². The summed E-state index contributed by atoms with van der Waals surface area (Å²) in [6, 6.07) is 0. The summed E-state index contributed by atoms with van der Waals surface area (Å²) in [5, 5.41) is 0. The van der Waals surface area contributed by atoms with Crippen molar-refractivity contribution in [3.63, 3.8) is 0 Å². The van der Waals surface area contributed by atoms with E-state index in [1.165, 1.54) is 257 Å². The molecule has 6 nitrogen and oxygen atoms in total. The minimum Gasteiger partial charge on any atom is -0.462 e. The van der Waals surface area contributed by atoms with E-state index >= 15 is 0 Å². The fourth-order valence-electron chi connectivity index (χ4n) is 10.8. The summed E-state index contributed by atoms with van der Waals surface area (Å²) in [4.78, 5) is 38.5. The number of hydrogen-bond acceptors (Lipinski definition) is 6. The van der Waals surface area contributed by atoms with Crippen LogP contribution in [0, 0.1) is 0 Å². The van der Waals surface area contributed by atoms with Crippen LogP contribution < -0.4 is 0 Å². The van der Waals surface area contributed by atoms with Gasteiger partial charge >= 0.3 is 17.9 Å². The monoisotopic (exact) mass is 1150 g/mol. The maximum absolute atomic E-state index is 13.0. The number of unbranched alkanes of at least 4 members (excludes halogenated alkanes) is 46. The molecule has 0 heterocycles. The molecule has 0 radical (unpaired) electrons. The summed E-state index contributed by atoms with van der Waals surface area (Å²) < 4.78 is 17.0. The molecular formula is C76H138O6. The van der Waals surface area contributed by atoms with Gasteiger partial charge in [-0.1, -0.05) is 338 Å². The molecule has 0 N–H and O–H groups in total. The van der Waals surface area contributed by atoms with E-state index in [9.17, 15) is 14.4 Å². The van der Waals surface area contributed by atoms with Gasteiger partial charge in [0.1, 0.15) is 13.2 Å². The van der Waals surface area contributed by atoms with E-state index in [2.05, 4.69) is 81.5 Å². The van der Waals surface area contributed by atoms with Gasteiger partial charge in [0.2, 0.25) is 0 Å². The molecule has 0 aliphatic carbocycles. The molecule has 478 valence electrons. The molecule has 0 bridgehead atoms. The van der Waals surface area contributed by atoms with Gasteiger partial charge in [0, 0.05) is 19.3 Å². The minimum absolute atomic E-state index is 0.0747. The lowest BCUT2D eigenvalue weighted by Gasteiger charge is -2.18. The Morgan fingerprint density at radius 1 is 0.244 bits per heavy atom. The smallest absolute Gasteiger partial charge is 0.306 e. The van der Waals surface area contributed by atoms with Crippen LogP contribution in [0.1, 0.15) is 387 Å². The van der Waals surface area contributed by atoms with E-state index in [1.54, 1.807) is 0 Å². The first-order valence-electron chi connectivity index (χ1n) is 36.3. The van der Waals surface area contributed by atoms with Crippen LogP contribution in [0.3, 0.4) is 0 Å². The summed E-state index contributed by atoms with van der Waals surface area (Å²) in [5.41, 5.74) is 0. The van der Waals surface area contributed by atoms with Crippen molar-refractivity contribution in [3.05, 3.63) is 60.8 Å². The average molecular weight is 1150 g/mol. The van der Waals surface area contributed by atoms with Gasteiger partial charge in [-0.2, -0.15) is 0 Å². The van der Waals surface area contributed by atoms with Gasteiger partial charge in [-0.15, -0.1) is 0 Å². The first-order valence-corrected chi connectivity index (χ1v) is 36.3. The van der Waals surface area contributed by atoms with Crippen molar-refractivity contribution in [2.75, 3.05) is 13.2 Å². The lowest BCUT2D eigenvalue weighted by Crippen LogP contribution is -2.30. The minimum atomic E-state index is -0.780. The van der Waals surface area contributed by atoms with Gasteiger partial charge in [0.15, 0.2) is 6.10 Å². The zero-order chi connectivity index (χ0) is 59.2. The molecule has 0 aromatic carbocycles. The SMILES string of the molecule is CCCCC/C=C\C/C=C\CCCCCCCC(=O)OCC(COC(=O)CCCCCCCCCCCCCCCC/C=C\C/C=C\C/C=C\CCCCCCC)OC(=O)CCCCCCCCCCCCCCCCCCCCCC. The third kappa shape index (κ3) is 67.9. The van der Waals surface area contributed by atoms with Crippen molar-refractivity contribution < 1.29 is 28.6 Å².